The Balaban J connectivity index is 1.73. The molecule has 4 aliphatic carbocycles. The molecule has 0 aromatic heterocycles. The molecule has 142 valence electrons. The summed E-state index contributed by atoms with van der Waals surface area (Å²) < 4.78 is 0. The van der Waals surface area contributed by atoms with E-state index in [1.807, 2.05) is 13.0 Å². The number of hydrogen-bond donors (Lipinski definition) is 2. The van der Waals surface area contributed by atoms with Crippen molar-refractivity contribution in [1.29, 1.82) is 0 Å². The van der Waals surface area contributed by atoms with Crippen molar-refractivity contribution in [2.45, 2.75) is 57.7 Å². The van der Waals surface area contributed by atoms with Crippen molar-refractivity contribution in [3.63, 3.8) is 0 Å². The van der Waals surface area contributed by atoms with Gasteiger partial charge in [0.2, 0.25) is 0 Å². The summed E-state index contributed by atoms with van der Waals surface area (Å²) in [5.41, 5.74) is -1.02. The van der Waals surface area contributed by atoms with Crippen LogP contribution in [0.2, 0.25) is 0 Å². The summed E-state index contributed by atoms with van der Waals surface area (Å²) in [5, 5.41) is 21.4. The van der Waals surface area contributed by atoms with Gasteiger partial charge in [0.25, 0.3) is 0 Å². The molecule has 2 N–H and O–H groups in total. The van der Waals surface area contributed by atoms with Crippen LogP contribution in [-0.4, -0.2) is 39.4 Å². The van der Waals surface area contributed by atoms with Gasteiger partial charge in [-0.2, -0.15) is 0 Å². The highest BCUT2D eigenvalue weighted by Crippen LogP contribution is 2.66. The molecule has 2 fully saturated rings. The first kappa shape index (κ1) is 18.4. The van der Waals surface area contributed by atoms with E-state index in [0.29, 0.717) is 18.8 Å². The minimum absolute atomic E-state index is 0.151. The number of aliphatic hydroxyl groups is 2. The lowest BCUT2D eigenvalue weighted by Crippen LogP contribution is -2.57. The minimum atomic E-state index is -1.34. The van der Waals surface area contributed by atoms with Crippen LogP contribution in [0.5, 0.6) is 0 Å². The molecule has 0 radical (unpaired) electrons. The topological polar surface area (TPSA) is 74.6 Å². The standard InChI is InChI=1S/C21H27ClO4/c1-19-10-17(24)16(23)9-12(19)3-4-13-14(19)5-7-20(2)15(13)6-8-21(20,26)18(25)11-22/h3-4,9,13-15,17,24,26H,5-8,10-11H2,1-2H3/t13-,14+,15+,17?,19+,20+,21+/m1/s1. The number of Topliss-reactive ketones (excluding diaryl/α,β-unsaturated/α-hetero) is 1. The molecule has 5 heteroatoms. The lowest BCUT2D eigenvalue weighted by atomic mass is 9.48. The highest BCUT2D eigenvalue weighted by atomic mass is 35.5. The average Bonchev–Trinajstić information content (AvgIpc) is 2.88. The molecule has 0 amide bonds. The van der Waals surface area contributed by atoms with Gasteiger partial charge in [-0.05, 0) is 66.9 Å². The quantitative estimate of drug-likeness (QED) is 0.724. The highest BCUT2D eigenvalue weighted by molar-refractivity contribution is 6.29. The van der Waals surface area contributed by atoms with Gasteiger partial charge in [-0.3, -0.25) is 9.59 Å². The van der Waals surface area contributed by atoms with E-state index < -0.39 is 17.1 Å². The Hall–Kier alpha value is -0.970. The molecule has 0 spiro atoms. The Bertz CT molecular complexity index is 728. The molecular weight excluding hydrogens is 352 g/mol. The molecule has 26 heavy (non-hydrogen) atoms. The van der Waals surface area contributed by atoms with E-state index in [-0.39, 0.29) is 34.7 Å². The second-order valence-corrected chi connectivity index (χ2v) is 9.47. The summed E-state index contributed by atoms with van der Waals surface area (Å²) in [6.07, 6.45) is 8.26. The second kappa shape index (κ2) is 5.76. The third-order valence-electron chi connectivity index (χ3n) is 8.29. The number of allylic oxidation sites excluding steroid dienone is 3. The third-order valence-corrected chi connectivity index (χ3v) is 8.53. The first-order valence-corrected chi connectivity index (χ1v) is 10.1. The first-order chi connectivity index (χ1) is 12.2. The summed E-state index contributed by atoms with van der Waals surface area (Å²) in [6.45, 7) is 4.20. The van der Waals surface area contributed by atoms with Crippen LogP contribution in [0.15, 0.2) is 23.8 Å². The highest BCUT2D eigenvalue weighted by Gasteiger charge is 2.65. The number of halogens is 1. The number of carbonyl (C=O) groups excluding carboxylic acids is 2. The Labute approximate surface area is 159 Å². The van der Waals surface area contributed by atoms with Gasteiger partial charge in [0.15, 0.2) is 11.6 Å². The maximum Gasteiger partial charge on any atom is 0.184 e. The van der Waals surface area contributed by atoms with Crippen molar-refractivity contribution in [2.24, 2.45) is 28.6 Å². The van der Waals surface area contributed by atoms with E-state index in [0.717, 1.165) is 24.8 Å². The maximum atomic E-state index is 12.4. The Morgan fingerprint density at radius 2 is 1.96 bits per heavy atom. The number of alkyl halides is 1. The van der Waals surface area contributed by atoms with E-state index in [9.17, 15) is 19.8 Å². The molecule has 0 aliphatic heterocycles. The van der Waals surface area contributed by atoms with Crippen LogP contribution in [-0.2, 0) is 9.59 Å². The number of hydrogen-bond acceptors (Lipinski definition) is 4. The van der Waals surface area contributed by atoms with Gasteiger partial charge in [0.1, 0.15) is 11.7 Å². The summed E-state index contributed by atoms with van der Waals surface area (Å²) in [5.74, 6) is 0.156. The Kier molecular flexibility index (Phi) is 4.08. The molecule has 0 aromatic rings. The van der Waals surface area contributed by atoms with E-state index >= 15 is 0 Å². The SMILES string of the molecule is C[C@]12CC(O)C(=O)C=C1C=C[C@@H]1[C@@H]2CC[C@@]2(C)[C@H]1CC[C@]2(O)C(=O)CCl. The van der Waals surface area contributed by atoms with Gasteiger partial charge in [0.05, 0.1) is 5.88 Å². The van der Waals surface area contributed by atoms with Crippen molar-refractivity contribution in [2.75, 3.05) is 5.88 Å². The van der Waals surface area contributed by atoms with Crippen LogP contribution in [0.25, 0.3) is 0 Å². The number of ketones is 2. The summed E-state index contributed by atoms with van der Waals surface area (Å²) >= 11 is 5.80. The van der Waals surface area contributed by atoms with Crippen molar-refractivity contribution in [3.8, 4) is 0 Å². The van der Waals surface area contributed by atoms with Crippen LogP contribution in [0.4, 0.5) is 0 Å². The lowest BCUT2D eigenvalue weighted by Gasteiger charge is -2.57. The van der Waals surface area contributed by atoms with E-state index in [2.05, 4.69) is 13.0 Å². The number of aliphatic hydroxyl groups excluding tert-OH is 1. The van der Waals surface area contributed by atoms with Gasteiger partial charge in [-0.15, -0.1) is 11.6 Å². The molecule has 0 bridgehead atoms. The Morgan fingerprint density at radius 1 is 1.27 bits per heavy atom. The van der Waals surface area contributed by atoms with Crippen LogP contribution < -0.4 is 0 Å². The van der Waals surface area contributed by atoms with E-state index in [4.69, 9.17) is 11.6 Å². The summed E-state index contributed by atoms with van der Waals surface area (Å²) in [4.78, 5) is 24.4. The van der Waals surface area contributed by atoms with E-state index in [1.165, 1.54) is 0 Å². The smallest absolute Gasteiger partial charge is 0.184 e. The molecule has 7 atom stereocenters. The predicted molar refractivity (Wildman–Crippen MR) is 98.7 cm³/mol. The number of carbonyl (C=O) groups is 2. The van der Waals surface area contributed by atoms with Gasteiger partial charge in [-0.1, -0.05) is 26.0 Å². The number of fused-ring (bicyclic) bond motifs is 5. The minimum Gasteiger partial charge on any atom is -0.385 e. The van der Waals surface area contributed by atoms with Crippen LogP contribution in [0.1, 0.15) is 46.0 Å². The molecule has 0 saturated heterocycles. The van der Waals surface area contributed by atoms with Crippen molar-refractivity contribution in [3.05, 3.63) is 23.8 Å². The zero-order chi connectivity index (χ0) is 18.9. The first-order valence-electron chi connectivity index (χ1n) is 9.61. The molecule has 2 saturated carbocycles. The average molecular weight is 379 g/mol. The maximum absolute atomic E-state index is 12.4. The molecule has 4 aliphatic rings. The van der Waals surface area contributed by atoms with Gasteiger partial charge >= 0.3 is 0 Å². The van der Waals surface area contributed by atoms with Gasteiger partial charge in [0, 0.05) is 5.41 Å². The fraction of sp³-hybridized carbons (Fsp3) is 0.714. The van der Waals surface area contributed by atoms with Crippen molar-refractivity contribution >= 4 is 23.2 Å². The third kappa shape index (κ3) is 2.15. The van der Waals surface area contributed by atoms with Crippen LogP contribution in [0.3, 0.4) is 0 Å². The molecular formula is C21H27ClO4. The Morgan fingerprint density at radius 3 is 2.65 bits per heavy atom. The van der Waals surface area contributed by atoms with E-state index in [1.54, 1.807) is 6.08 Å². The van der Waals surface area contributed by atoms with Crippen LogP contribution in [0, 0.1) is 28.6 Å². The van der Waals surface area contributed by atoms with Gasteiger partial charge in [-0.25, -0.2) is 0 Å². The zero-order valence-electron chi connectivity index (χ0n) is 15.4. The monoisotopic (exact) mass is 378 g/mol. The summed E-state index contributed by atoms with van der Waals surface area (Å²) in [6, 6.07) is 0. The lowest BCUT2D eigenvalue weighted by molar-refractivity contribution is -0.156. The fourth-order valence-electron chi connectivity index (χ4n) is 6.65. The largest absolute Gasteiger partial charge is 0.385 e. The molecule has 4 nitrogen and oxygen atoms in total. The van der Waals surface area contributed by atoms with Crippen molar-refractivity contribution < 1.29 is 19.8 Å². The predicted octanol–water partition coefficient (Wildman–Crippen LogP) is 2.80. The molecule has 4 rings (SSSR count). The number of rotatable bonds is 2. The normalized spacial score (nSPS) is 49.9. The molecule has 0 aromatic carbocycles. The fourth-order valence-corrected chi connectivity index (χ4v) is 6.87. The zero-order valence-corrected chi connectivity index (χ0v) is 16.1. The van der Waals surface area contributed by atoms with Crippen LogP contribution >= 0.6 is 11.6 Å². The van der Waals surface area contributed by atoms with Gasteiger partial charge < -0.3 is 10.2 Å². The molecule has 0 heterocycles. The van der Waals surface area contributed by atoms with Crippen molar-refractivity contribution in [1.82, 2.24) is 0 Å². The summed E-state index contributed by atoms with van der Waals surface area (Å²) in [7, 11) is 0. The second-order valence-electron chi connectivity index (χ2n) is 9.20. The molecule has 1 unspecified atom stereocenters.